The molecule has 36 heavy (non-hydrogen) atoms. The molecule has 2 aromatic heterocycles. The summed E-state index contributed by atoms with van der Waals surface area (Å²) >= 11 is 0. The number of nitrogens with zero attached hydrogens (tertiary/aromatic N) is 6. The molecule has 1 unspecified atom stereocenters. The van der Waals surface area contributed by atoms with Crippen molar-refractivity contribution < 1.29 is 18.0 Å². The molecule has 8 nitrogen and oxygen atoms in total. The van der Waals surface area contributed by atoms with Crippen LogP contribution in [0.25, 0.3) is 17.0 Å². The molecule has 4 aromatic rings. The van der Waals surface area contributed by atoms with Crippen LogP contribution >= 0.6 is 0 Å². The van der Waals surface area contributed by atoms with Crippen LogP contribution in [0.15, 0.2) is 53.2 Å². The predicted octanol–water partition coefficient (Wildman–Crippen LogP) is 4.17. The minimum absolute atomic E-state index is 0.000239. The molecule has 184 valence electrons. The van der Waals surface area contributed by atoms with Gasteiger partial charge in [0, 0.05) is 31.1 Å². The van der Waals surface area contributed by atoms with Crippen molar-refractivity contribution in [3.8, 4) is 17.0 Å². The van der Waals surface area contributed by atoms with Crippen LogP contribution in [-0.4, -0.2) is 56.5 Å². The molecule has 2 aliphatic heterocycles. The molecule has 2 fully saturated rings. The van der Waals surface area contributed by atoms with Crippen LogP contribution in [0.4, 0.5) is 14.8 Å². The molecule has 0 bridgehead atoms. The first-order chi connectivity index (χ1) is 17.4. The van der Waals surface area contributed by atoms with E-state index in [0.717, 1.165) is 13.0 Å². The molecule has 10 heteroatoms. The summed E-state index contributed by atoms with van der Waals surface area (Å²) in [4.78, 5) is 23.2. The Kier molecular flexibility index (Phi) is 5.31. The van der Waals surface area contributed by atoms with Crippen molar-refractivity contribution >= 4 is 11.9 Å². The summed E-state index contributed by atoms with van der Waals surface area (Å²) in [5.74, 6) is -0.394. The van der Waals surface area contributed by atoms with Gasteiger partial charge in [0.1, 0.15) is 22.9 Å². The lowest BCUT2D eigenvalue weighted by molar-refractivity contribution is 0.0578. The maximum absolute atomic E-state index is 15.2. The fraction of sp³-hybridized carbons (Fsp3) is 0.308. The molecule has 0 saturated carbocycles. The first kappa shape index (κ1) is 22.4. The average molecular weight is 491 g/mol. The van der Waals surface area contributed by atoms with Gasteiger partial charge in [-0.2, -0.15) is 20.0 Å². The number of likely N-dealkylation sites (tertiary alicyclic amines) is 1. The van der Waals surface area contributed by atoms with Gasteiger partial charge in [0.2, 0.25) is 0 Å². The zero-order chi connectivity index (χ0) is 25.0. The van der Waals surface area contributed by atoms with Crippen molar-refractivity contribution in [1.82, 2.24) is 24.9 Å². The predicted molar refractivity (Wildman–Crippen MR) is 128 cm³/mol. The van der Waals surface area contributed by atoms with Crippen molar-refractivity contribution in [3.05, 3.63) is 77.2 Å². The number of oxazole rings is 1. The van der Waals surface area contributed by atoms with E-state index in [1.54, 1.807) is 36.1 Å². The number of piperidine rings is 1. The second-order valence-electron chi connectivity index (χ2n) is 9.35. The number of benzene rings is 2. The van der Waals surface area contributed by atoms with Gasteiger partial charge in [-0.3, -0.25) is 4.79 Å². The second-order valence-corrected chi connectivity index (χ2v) is 9.35. The molecule has 2 aliphatic rings. The van der Waals surface area contributed by atoms with Crippen LogP contribution in [0.3, 0.4) is 0 Å². The molecule has 0 spiro atoms. The van der Waals surface area contributed by atoms with E-state index in [-0.39, 0.29) is 17.4 Å². The van der Waals surface area contributed by atoms with Gasteiger partial charge in [-0.15, -0.1) is 0 Å². The molecule has 4 heterocycles. The van der Waals surface area contributed by atoms with Gasteiger partial charge in [0.05, 0.1) is 24.1 Å². The lowest BCUT2D eigenvalue weighted by Crippen LogP contribution is -2.65. The fourth-order valence-electron chi connectivity index (χ4n) is 5.14. The second kappa shape index (κ2) is 8.54. The van der Waals surface area contributed by atoms with E-state index in [1.165, 1.54) is 29.3 Å². The van der Waals surface area contributed by atoms with Crippen molar-refractivity contribution in [2.75, 3.05) is 24.5 Å². The van der Waals surface area contributed by atoms with Crippen molar-refractivity contribution in [3.63, 3.8) is 0 Å². The van der Waals surface area contributed by atoms with Crippen LogP contribution < -0.4 is 4.90 Å². The third-order valence-corrected chi connectivity index (χ3v) is 7.12. The number of fused-ring (bicyclic) bond motifs is 1. The number of aromatic nitrogens is 4. The number of amides is 1. The van der Waals surface area contributed by atoms with Crippen LogP contribution in [0, 0.1) is 31.4 Å². The van der Waals surface area contributed by atoms with Crippen LogP contribution in [0.2, 0.25) is 0 Å². The van der Waals surface area contributed by atoms with E-state index in [9.17, 15) is 9.18 Å². The molecule has 2 atom stereocenters. The first-order valence-electron chi connectivity index (χ1n) is 11.9. The average Bonchev–Trinajstić information content (AvgIpc) is 3.51. The summed E-state index contributed by atoms with van der Waals surface area (Å²) in [5.41, 5.74) is 1.95. The van der Waals surface area contributed by atoms with E-state index in [2.05, 4.69) is 15.2 Å². The number of carbonyl (C=O) groups excluding carboxylic acids is 1. The van der Waals surface area contributed by atoms with E-state index < -0.39 is 11.7 Å². The Morgan fingerprint density at radius 2 is 1.89 bits per heavy atom. The first-order valence-corrected chi connectivity index (χ1v) is 11.9. The molecular weight excluding hydrogens is 466 g/mol. The van der Waals surface area contributed by atoms with Crippen LogP contribution in [0.5, 0.6) is 0 Å². The Morgan fingerprint density at radius 1 is 1.08 bits per heavy atom. The van der Waals surface area contributed by atoms with Gasteiger partial charge in [-0.25, -0.2) is 8.78 Å². The highest BCUT2D eigenvalue weighted by molar-refractivity contribution is 5.98. The minimum atomic E-state index is -0.564. The highest BCUT2D eigenvalue weighted by Gasteiger charge is 2.46. The van der Waals surface area contributed by atoms with Crippen molar-refractivity contribution in [1.29, 1.82) is 0 Å². The van der Waals surface area contributed by atoms with E-state index in [4.69, 9.17) is 4.42 Å². The highest BCUT2D eigenvalue weighted by Crippen LogP contribution is 2.39. The summed E-state index contributed by atoms with van der Waals surface area (Å²) in [6.45, 7) is 5.17. The monoisotopic (exact) mass is 490 g/mol. The molecule has 0 aliphatic carbocycles. The maximum atomic E-state index is 15.2. The Morgan fingerprint density at radius 3 is 2.67 bits per heavy atom. The van der Waals surface area contributed by atoms with Gasteiger partial charge in [0.15, 0.2) is 5.76 Å². The molecule has 0 radical (unpaired) electrons. The standard InChI is InChI=1S/C26H24F2N6O2/c1-15-6-7-20(34-29-9-10-30-34)22(23(15)28)25(35)32-11-8-18-13-33(21(18)14-32)26-31-16(2)24(36-26)17-4-3-5-19(27)12-17/h3-7,9-10,12,18,21H,8,11,13-14H2,1-2H3/t18?,21-/m1/s1. The molecule has 2 aromatic carbocycles. The Labute approximate surface area is 206 Å². The maximum Gasteiger partial charge on any atom is 0.298 e. The van der Waals surface area contributed by atoms with Gasteiger partial charge >= 0.3 is 0 Å². The fourth-order valence-corrected chi connectivity index (χ4v) is 5.14. The highest BCUT2D eigenvalue weighted by atomic mass is 19.1. The third kappa shape index (κ3) is 3.64. The molecule has 0 N–H and O–H groups in total. The lowest BCUT2D eigenvalue weighted by Gasteiger charge is -2.52. The van der Waals surface area contributed by atoms with Gasteiger partial charge in [0.25, 0.3) is 11.9 Å². The summed E-state index contributed by atoms with van der Waals surface area (Å²) < 4.78 is 35.0. The molecule has 6 rings (SSSR count). The Hall–Kier alpha value is -4.08. The van der Waals surface area contributed by atoms with Gasteiger partial charge in [-0.1, -0.05) is 18.2 Å². The summed E-state index contributed by atoms with van der Waals surface area (Å²) in [6, 6.07) is 9.94. The number of aryl methyl sites for hydroxylation is 2. The van der Waals surface area contributed by atoms with Crippen molar-refractivity contribution in [2.24, 2.45) is 5.92 Å². The number of rotatable bonds is 4. The summed E-state index contributed by atoms with van der Waals surface area (Å²) in [5, 5.41) is 8.18. The zero-order valence-corrected chi connectivity index (χ0v) is 19.9. The molecular formula is C26H24F2N6O2. The van der Waals surface area contributed by atoms with E-state index in [0.29, 0.717) is 53.3 Å². The number of anilines is 1. The smallest absolute Gasteiger partial charge is 0.298 e. The molecule has 1 amide bonds. The normalized spacial score (nSPS) is 19.2. The number of hydrogen-bond acceptors (Lipinski definition) is 6. The third-order valence-electron chi connectivity index (χ3n) is 7.12. The van der Waals surface area contributed by atoms with Crippen LogP contribution in [-0.2, 0) is 0 Å². The quantitative estimate of drug-likeness (QED) is 0.427. The Bertz CT molecular complexity index is 1450. The SMILES string of the molecule is Cc1ccc(-n2nccn2)c(C(=O)N2CCC3CN(c4nc(C)c(-c5cccc(F)c5)o4)[C@@H]3C2)c1F. The van der Waals surface area contributed by atoms with E-state index >= 15 is 4.39 Å². The number of carbonyl (C=O) groups is 1. The summed E-state index contributed by atoms with van der Waals surface area (Å²) in [6.07, 6.45) is 3.77. The lowest BCUT2D eigenvalue weighted by atomic mass is 9.82. The van der Waals surface area contributed by atoms with Crippen LogP contribution in [0.1, 0.15) is 28.0 Å². The minimum Gasteiger partial charge on any atom is -0.423 e. The molecule has 2 saturated heterocycles. The number of hydrogen-bond donors (Lipinski definition) is 0. The van der Waals surface area contributed by atoms with Gasteiger partial charge < -0.3 is 14.2 Å². The van der Waals surface area contributed by atoms with Crippen molar-refractivity contribution in [2.45, 2.75) is 26.3 Å². The zero-order valence-electron chi connectivity index (χ0n) is 19.9. The largest absolute Gasteiger partial charge is 0.423 e. The topological polar surface area (TPSA) is 80.3 Å². The summed E-state index contributed by atoms with van der Waals surface area (Å²) in [7, 11) is 0. The van der Waals surface area contributed by atoms with E-state index in [1.807, 2.05) is 11.8 Å². The number of halogens is 2. The van der Waals surface area contributed by atoms with Gasteiger partial charge in [-0.05, 0) is 44.0 Å². The Balaban J connectivity index is 1.26.